The van der Waals surface area contributed by atoms with Crippen LogP contribution in [-0.4, -0.2) is 26.4 Å². The fraction of sp³-hybridized carbons (Fsp3) is 0.174. The fourth-order valence-electron chi connectivity index (χ4n) is 3.07. The van der Waals surface area contributed by atoms with Gasteiger partial charge in [-0.2, -0.15) is 5.10 Å². The molecule has 4 rings (SSSR count). The van der Waals surface area contributed by atoms with E-state index in [-0.39, 0.29) is 17.7 Å². The normalized spacial score (nSPS) is 11.0. The lowest BCUT2D eigenvalue weighted by molar-refractivity contribution is -0.113. The second-order valence-electron chi connectivity index (χ2n) is 6.98. The van der Waals surface area contributed by atoms with Crippen molar-refractivity contribution in [2.75, 3.05) is 11.1 Å². The Kier molecular flexibility index (Phi) is 5.99. The summed E-state index contributed by atoms with van der Waals surface area (Å²) in [6.45, 7) is 4.03. The first-order chi connectivity index (χ1) is 14.6. The molecule has 0 fully saturated rings. The van der Waals surface area contributed by atoms with Gasteiger partial charge < -0.3 is 9.73 Å². The fourth-order valence-corrected chi connectivity index (χ4v) is 3.69. The van der Waals surface area contributed by atoms with Crippen molar-refractivity contribution in [2.24, 2.45) is 0 Å². The summed E-state index contributed by atoms with van der Waals surface area (Å²) in [5.41, 5.74) is 2.68. The van der Waals surface area contributed by atoms with Gasteiger partial charge >= 0.3 is 0 Å². The Morgan fingerprint density at radius 2 is 1.70 bits per heavy atom. The molecule has 2 aromatic heterocycles. The van der Waals surface area contributed by atoms with Crippen molar-refractivity contribution < 1.29 is 9.21 Å². The average Bonchev–Trinajstić information content (AvgIpc) is 3.41. The van der Waals surface area contributed by atoms with Gasteiger partial charge in [-0.05, 0) is 13.8 Å². The number of rotatable bonds is 7. The van der Waals surface area contributed by atoms with Crippen LogP contribution in [0.4, 0.5) is 5.82 Å². The molecular formula is C23H22N4O2S. The van der Waals surface area contributed by atoms with Crippen LogP contribution in [-0.2, 0) is 4.79 Å². The van der Waals surface area contributed by atoms with Gasteiger partial charge in [0.05, 0.1) is 11.9 Å². The zero-order valence-electron chi connectivity index (χ0n) is 16.8. The molecule has 0 spiro atoms. The van der Waals surface area contributed by atoms with Gasteiger partial charge in [-0.1, -0.05) is 72.4 Å². The standard InChI is InChI=1S/C23H22N4O2S/c1-16(2)27-19(13-14-24-27)25-20(28)15-30-23-26-21(17-9-5-3-6-10-17)22(29-23)18-11-7-4-8-12-18/h3-14,16H,15H2,1-2H3,(H,25,28). The number of anilines is 1. The monoisotopic (exact) mass is 418 g/mol. The molecule has 2 heterocycles. The van der Waals surface area contributed by atoms with Crippen LogP contribution in [0.5, 0.6) is 0 Å². The van der Waals surface area contributed by atoms with E-state index in [1.54, 1.807) is 16.9 Å². The summed E-state index contributed by atoms with van der Waals surface area (Å²) in [5, 5.41) is 7.59. The Morgan fingerprint density at radius 3 is 2.37 bits per heavy atom. The van der Waals surface area contributed by atoms with Crippen LogP contribution >= 0.6 is 11.8 Å². The van der Waals surface area contributed by atoms with Crippen LogP contribution in [0.3, 0.4) is 0 Å². The Balaban J connectivity index is 1.53. The van der Waals surface area contributed by atoms with E-state index < -0.39 is 0 Å². The highest BCUT2D eigenvalue weighted by Gasteiger charge is 2.18. The van der Waals surface area contributed by atoms with Gasteiger partial charge in [-0.25, -0.2) is 9.67 Å². The SMILES string of the molecule is CC(C)n1nccc1NC(=O)CSc1nc(-c2ccccc2)c(-c2ccccc2)o1. The second-order valence-corrected chi connectivity index (χ2v) is 7.91. The highest BCUT2D eigenvalue weighted by molar-refractivity contribution is 7.99. The van der Waals surface area contributed by atoms with Crippen molar-refractivity contribution >= 4 is 23.5 Å². The third-order valence-corrected chi connectivity index (χ3v) is 5.27. The van der Waals surface area contributed by atoms with Crippen molar-refractivity contribution in [1.82, 2.24) is 14.8 Å². The largest absolute Gasteiger partial charge is 0.431 e. The summed E-state index contributed by atoms with van der Waals surface area (Å²) in [6.07, 6.45) is 1.68. The van der Waals surface area contributed by atoms with Crippen LogP contribution in [0, 0.1) is 0 Å². The number of aromatic nitrogens is 3. The van der Waals surface area contributed by atoms with E-state index in [1.165, 1.54) is 11.8 Å². The highest BCUT2D eigenvalue weighted by atomic mass is 32.2. The van der Waals surface area contributed by atoms with Crippen LogP contribution in [0.25, 0.3) is 22.6 Å². The zero-order valence-corrected chi connectivity index (χ0v) is 17.6. The molecular weight excluding hydrogens is 396 g/mol. The molecule has 0 aliphatic carbocycles. The minimum absolute atomic E-state index is 0.136. The van der Waals surface area contributed by atoms with Crippen molar-refractivity contribution in [3.05, 3.63) is 72.9 Å². The number of nitrogens with zero attached hydrogens (tertiary/aromatic N) is 3. The van der Waals surface area contributed by atoms with E-state index >= 15 is 0 Å². The highest BCUT2D eigenvalue weighted by Crippen LogP contribution is 2.35. The number of nitrogens with one attached hydrogen (secondary N) is 1. The van der Waals surface area contributed by atoms with Crippen LogP contribution < -0.4 is 5.32 Å². The molecule has 6 nitrogen and oxygen atoms in total. The Morgan fingerprint density at radius 1 is 1.03 bits per heavy atom. The van der Waals surface area contributed by atoms with Gasteiger partial charge in [-0.15, -0.1) is 0 Å². The van der Waals surface area contributed by atoms with Gasteiger partial charge in [0, 0.05) is 23.2 Å². The molecule has 30 heavy (non-hydrogen) atoms. The number of carbonyl (C=O) groups excluding carboxylic acids is 1. The minimum Gasteiger partial charge on any atom is -0.431 e. The summed E-state index contributed by atoms with van der Waals surface area (Å²) in [5.74, 6) is 1.43. The smallest absolute Gasteiger partial charge is 0.257 e. The third-order valence-electron chi connectivity index (χ3n) is 4.44. The van der Waals surface area contributed by atoms with Crippen molar-refractivity contribution in [1.29, 1.82) is 0 Å². The van der Waals surface area contributed by atoms with Gasteiger partial charge in [0.1, 0.15) is 11.5 Å². The summed E-state index contributed by atoms with van der Waals surface area (Å²) < 4.78 is 7.83. The zero-order chi connectivity index (χ0) is 20.9. The molecule has 0 saturated carbocycles. The summed E-state index contributed by atoms with van der Waals surface area (Å²) >= 11 is 1.27. The van der Waals surface area contributed by atoms with Crippen molar-refractivity contribution in [2.45, 2.75) is 25.1 Å². The summed E-state index contributed by atoms with van der Waals surface area (Å²) in [6, 6.07) is 21.7. The number of amides is 1. The van der Waals surface area contributed by atoms with E-state index in [1.807, 2.05) is 74.5 Å². The molecule has 0 aliphatic rings. The van der Waals surface area contributed by atoms with Crippen LogP contribution in [0.1, 0.15) is 19.9 Å². The molecule has 0 bridgehead atoms. The lowest BCUT2D eigenvalue weighted by Gasteiger charge is -2.11. The molecule has 0 unspecified atom stereocenters. The van der Waals surface area contributed by atoms with Gasteiger partial charge in [0.25, 0.3) is 5.22 Å². The maximum atomic E-state index is 12.4. The van der Waals surface area contributed by atoms with Crippen LogP contribution in [0.2, 0.25) is 0 Å². The first kappa shape index (κ1) is 20.0. The first-order valence-corrected chi connectivity index (χ1v) is 10.7. The Bertz CT molecular complexity index is 1060. The summed E-state index contributed by atoms with van der Waals surface area (Å²) in [4.78, 5) is 17.1. The molecule has 0 radical (unpaired) electrons. The number of hydrogen-bond acceptors (Lipinski definition) is 5. The molecule has 1 amide bonds. The quantitative estimate of drug-likeness (QED) is 0.400. The van der Waals surface area contributed by atoms with Crippen molar-refractivity contribution in [3.8, 4) is 22.6 Å². The number of oxazole rings is 1. The molecule has 0 saturated heterocycles. The molecule has 4 aromatic rings. The van der Waals surface area contributed by atoms with Gasteiger partial charge in [0.2, 0.25) is 5.91 Å². The van der Waals surface area contributed by atoms with Gasteiger partial charge in [0.15, 0.2) is 5.76 Å². The molecule has 1 N–H and O–H groups in total. The lowest BCUT2D eigenvalue weighted by atomic mass is 10.1. The van der Waals surface area contributed by atoms with E-state index in [0.29, 0.717) is 16.8 Å². The number of carbonyl (C=O) groups is 1. The molecule has 0 aliphatic heterocycles. The third kappa shape index (κ3) is 4.46. The number of benzene rings is 2. The molecule has 0 atom stereocenters. The summed E-state index contributed by atoms with van der Waals surface area (Å²) in [7, 11) is 0. The van der Waals surface area contributed by atoms with Gasteiger partial charge in [-0.3, -0.25) is 4.79 Å². The predicted molar refractivity (Wildman–Crippen MR) is 119 cm³/mol. The predicted octanol–water partition coefficient (Wildman–Crippen LogP) is 5.52. The Hall–Kier alpha value is -3.32. The maximum absolute atomic E-state index is 12.4. The second kappa shape index (κ2) is 9.00. The first-order valence-electron chi connectivity index (χ1n) is 9.69. The molecule has 2 aromatic carbocycles. The maximum Gasteiger partial charge on any atom is 0.257 e. The molecule has 152 valence electrons. The van der Waals surface area contributed by atoms with E-state index in [9.17, 15) is 4.79 Å². The average molecular weight is 419 g/mol. The van der Waals surface area contributed by atoms with E-state index in [0.717, 1.165) is 16.8 Å². The molecule has 7 heteroatoms. The number of thioether (sulfide) groups is 1. The topological polar surface area (TPSA) is 73.0 Å². The van der Waals surface area contributed by atoms with E-state index in [2.05, 4.69) is 15.4 Å². The van der Waals surface area contributed by atoms with Crippen molar-refractivity contribution in [3.63, 3.8) is 0 Å². The van der Waals surface area contributed by atoms with E-state index in [4.69, 9.17) is 4.42 Å². The van der Waals surface area contributed by atoms with Crippen LogP contribution in [0.15, 0.2) is 82.6 Å². The Labute approximate surface area is 179 Å². The minimum atomic E-state index is -0.136. The number of hydrogen-bond donors (Lipinski definition) is 1. The lowest BCUT2D eigenvalue weighted by Crippen LogP contribution is -2.18.